The lowest BCUT2D eigenvalue weighted by Crippen LogP contribution is -2.67. The summed E-state index contributed by atoms with van der Waals surface area (Å²) in [6.45, 7) is 2.13. The van der Waals surface area contributed by atoms with Crippen LogP contribution in [0.3, 0.4) is 0 Å². The van der Waals surface area contributed by atoms with E-state index in [0.717, 1.165) is 12.2 Å². The van der Waals surface area contributed by atoms with E-state index in [1.807, 2.05) is 0 Å². The Morgan fingerprint density at radius 3 is 1.69 bits per heavy atom. The van der Waals surface area contributed by atoms with Crippen LogP contribution in [0.5, 0.6) is 0 Å². The first kappa shape index (κ1) is 23.8. The Bertz CT molecular complexity index is 641. The molecule has 1 saturated carbocycles. The predicted molar refractivity (Wildman–Crippen MR) is 80.4 cm³/mol. The maximum absolute atomic E-state index is 13.8. The minimum Gasteiger partial charge on any atom is -0.458 e. The van der Waals surface area contributed by atoms with Crippen molar-refractivity contribution in [2.75, 3.05) is 6.61 Å². The van der Waals surface area contributed by atoms with Gasteiger partial charge in [0, 0.05) is 5.92 Å². The number of halogens is 9. The molecule has 12 heteroatoms. The fourth-order valence-corrected chi connectivity index (χ4v) is 4.17. The highest BCUT2D eigenvalue weighted by Gasteiger charge is 2.81. The van der Waals surface area contributed by atoms with Gasteiger partial charge in [0.2, 0.25) is 0 Å². The minimum absolute atomic E-state index is 0.515. The van der Waals surface area contributed by atoms with Crippen molar-refractivity contribution in [3.8, 4) is 0 Å². The van der Waals surface area contributed by atoms with Gasteiger partial charge in [-0.1, -0.05) is 12.2 Å². The molecule has 29 heavy (non-hydrogen) atoms. The van der Waals surface area contributed by atoms with Crippen molar-refractivity contribution in [3.63, 3.8) is 0 Å². The van der Waals surface area contributed by atoms with Crippen LogP contribution in [0.4, 0.5) is 39.5 Å². The summed E-state index contributed by atoms with van der Waals surface area (Å²) in [6.07, 6.45) is -16.5. The SMILES string of the molecule is CC(C)(C)OC(=O)COC(C1C2C=CC(C2)C1C(F)(F)F)(C(F)(F)F)C(F)(F)F. The fraction of sp³-hybridized carbons (Fsp3) is 0.824. The van der Waals surface area contributed by atoms with Crippen molar-refractivity contribution in [1.82, 2.24) is 0 Å². The van der Waals surface area contributed by atoms with E-state index in [1.165, 1.54) is 20.8 Å². The third-order valence-electron chi connectivity index (χ3n) is 4.99. The van der Waals surface area contributed by atoms with Crippen LogP contribution in [0.2, 0.25) is 0 Å². The van der Waals surface area contributed by atoms with Gasteiger partial charge in [-0.05, 0) is 39.0 Å². The molecule has 2 bridgehead atoms. The molecule has 0 aromatic heterocycles. The zero-order valence-corrected chi connectivity index (χ0v) is 15.5. The first-order valence-electron chi connectivity index (χ1n) is 8.55. The first-order chi connectivity index (χ1) is 12.8. The van der Waals surface area contributed by atoms with Crippen LogP contribution in [-0.2, 0) is 14.3 Å². The van der Waals surface area contributed by atoms with E-state index in [0.29, 0.717) is 0 Å². The predicted octanol–water partition coefficient (Wildman–Crippen LogP) is 5.21. The molecule has 0 amide bonds. The highest BCUT2D eigenvalue weighted by Crippen LogP contribution is 2.64. The molecule has 0 spiro atoms. The molecule has 2 aliphatic carbocycles. The number of allylic oxidation sites excluding steroid dienone is 2. The van der Waals surface area contributed by atoms with Crippen molar-refractivity contribution in [2.45, 2.75) is 56.9 Å². The summed E-state index contributed by atoms with van der Waals surface area (Å²) in [4.78, 5) is 11.7. The number of alkyl halides is 9. The maximum Gasteiger partial charge on any atom is 0.426 e. The van der Waals surface area contributed by atoms with Crippen LogP contribution in [-0.4, -0.2) is 42.3 Å². The molecule has 2 rings (SSSR count). The van der Waals surface area contributed by atoms with Crippen LogP contribution < -0.4 is 0 Å². The summed E-state index contributed by atoms with van der Waals surface area (Å²) in [5, 5.41) is 0. The third-order valence-corrected chi connectivity index (χ3v) is 4.99. The number of rotatable bonds is 4. The van der Waals surface area contributed by atoms with Gasteiger partial charge in [-0.3, -0.25) is 0 Å². The lowest BCUT2D eigenvalue weighted by molar-refractivity contribution is -0.408. The van der Waals surface area contributed by atoms with E-state index in [1.54, 1.807) is 0 Å². The van der Waals surface area contributed by atoms with E-state index < -0.39 is 72.4 Å². The average Bonchev–Trinajstić information content (AvgIpc) is 3.02. The maximum atomic E-state index is 13.8. The molecule has 4 unspecified atom stereocenters. The van der Waals surface area contributed by atoms with Gasteiger partial charge in [0.15, 0.2) is 0 Å². The van der Waals surface area contributed by atoms with Gasteiger partial charge in [-0.15, -0.1) is 0 Å². The number of fused-ring (bicyclic) bond motifs is 2. The lowest BCUT2D eigenvalue weighted by atomic mass is 9.70. The van der Waals surface area contributed by atoms with Gasteiger partial charge < -0.3 is 9.47 Å². The van der Waals surface area contributed by atoms with Crippen LogP contribution in [0.15, 0.2) is 12.2 Å². The summed E-state index contributed by atoms with van der Waals surface area (Å²) in [7, 11) is 0. The molecule has 168 valence electrons. The molecule has 0 N–H and O–H groups in total. The average molecular weight is 442 g/mol. The van der Waals surface area contributed by atoms with Crippen molar-refractivity contribution < 1.29 is 53.8 Å². The van der Waals surface area contributed by atoms with Crippen LogP contribution >= 0.6 is 0 Å². The zero-order valence-electron chi connectivity index (χ0n) is 15.5. The quantitative estimate of drug-likeness (QED) is 0.341. The van der Waals surface area contributed by atoms with Gasteiger partial charge in [0.25, 0.3) is 5.60 Å². The summed E-state index contributed by atoms with van der Waals surface area (Å²) in [6, 6.07) is 0. The Balaban J connectivity index is 2.53. The van der Waals surface area contributed by atoms with Gasteiger partial charge in [-0.25, -0.2) is 4.79 Å². The number of ether oxygens (including phenoxy) is 2. The van der Waals surface area contributed by atoms with Crippen molar-refractivity contribution >= 4 is 5.97 Å². The van der Waals surface area contributed by atoms with Crippen LogP contribution in [0, 0.1) is 23.7 Å². The van der Waals surface area contributed by atoms with Crippen molar-refractivity contribution in [1.29, 1.82) is 0 Å². The number of esters is 1. The van der Waals surface area contributed by atoms with Crippen LogP contribution in [0.1, 0.15) is 27.2 Å². The molecule has 0 aromatic rings. The highest BCUT2D eigenvalue weighted by molar-refractivity contribution is 5.71. The minimum atomic E-state index is -6.26. The zero-order chi connectivity index (χ0) is 22.6. The molecule has 0 aromatic carbocycles. The topological polar surface area (TPSA) is 35.5 Å². The van der Waals surface area contributed by atoms with E-state index in [4.69, 9.17) is 0 Å². The monoisotopic (exact) mass is 442 g/mol. The smallest absolute Gasteiger partial charge is 0.426 e. The van der Waals surface area contributed by atoms with E-state index in [9.17, 15) is 44.3 Å². The Hall–Kier alpha value is -1.46. The normalized spacial score (nSPS) is 28.1. The highest BCUT2D eigenvalue weighted by atomic mass is 19.4. The molecule has 1 fully saturated rings. The standard InChI is InChI=1S/C17H19F9O3/c1-13(2,3)29-10(27)7-28-14(16(21,22)23,17(24,25)26)11-8-4-5-9(6-8)12(11)15(18,19)20/h4-5,8-9,11-12H,6-7H2,1-3H3. The third kappa shape index (κ3) is 4.36. The second kappa shape index (κ2) is 7.05. The number of hydrogen-bond acceptors (Lipinski definition) is 3. The summed E-state index contributed by atoms with van der Waals surface area (Å²) in [5.74, 6) is -10.7. The van der Waals surface area contributed by atoms with Gasteiger partial charge in [0.1, 0.15) is 12.2 Å². The number of hydrogen-bond donors (Lipinski definition) is 0. The number of carbonyl (C=O) groups is 1. The molecule has 0 radical (unpaired) electrons. The van der Waals surface area contributed by atoms with E-state index in [-0.39, 0.29) is 0 Å². The molecule has 3 nitrogen and oxygen atoms in total. The molecule has 0 saturated heterocycles. The Morgan fingerprint density at radius 1 is 0.862 bits per heavy atom. The van der Waals surface area contributed by atoms with Gasteiger partial charge >= 0.3 is 24.5 Å². The van der Waals surface area contributed by atoms with Crippen molar-refractivity contribution in [3.05, 3.63) is 12.2 Å². The second-order valence-corrected chi connectivity index (χ2v) is 8.15. The van der Waals surface area contributed by atoms with E-state index >= 15 is 0 Å². The molecule has 0 aliphatic heterocycles. The molecule has 4 atom stereocenters. The largest absolute Gasteiger partial charge is 0.458 e. The fourth-order valence-electron chi connectivity index (χ4n) is 4.17. The molecular weight excluding hydrogens is 423 g/mol. The van der Waals surface area contributed by atoms with Gasteiger partial charge in [-0.2, -0.15) is 39.5 Å². The Morgan fingerprint density at radius 2 is 1.31 bits per heavy atom. The molecular formula is C17H19F9O3. The Labute approximate surface area is 160 Å². The first-order valence-corrected chi connectivity index (χ1v) is 8.55. The second-order valence-electron chi connectivity index (χ2n) is 8.15. The summed E-state index contributed by atoms with van der Waals surface area (Å²) >= 11 is 0. The lowest BCUT2D eigenvalue weighted by Gasteiger charge is -2.46. The van der Waals surface area contributed by atoms with Crippen LogP contribution in [0.25, 0.3) is 0 Å². The van der Waals surface area contributed by atoms with Crippen molar-refractivity contribution in [2.24, 2.45) is 23.7 Å². The Kier molecular flexibility index (Phi) is 5.79. The number of carbonyl (C=O) groups excluding carboxylic acids is 1. The summed E-state index contributed by atoms with van der Waals surface area (Å²) in [5.41, 5.74) is -6.43. The van der Waals surface area contributed by atoms with Gasteiger partial charge in [0.05, 0.1) is 5.92 Å². The molecule has 2 aliphatic rings. The summed E-state index contributed by atoms with van der Waals surface area (Å²) < 4.78 is 132. The molecule has 0 heterocycles. The van der Waals surface area contributed by atoms with E-state index in [2.05, 4.69) is 9.47 Å².